The van der Waals surface area contributed by atoms with Crippen molar-refractivity contribution < 1.29 is 0 Å². The molecular formula is C10H10ClN3. The molecule has 0 saturated heterocycles. The van der Waals surface area contributed by atoms with Gasteiger partial charge in [-0.2, -0.15) is 0 Å². The predicted molar refractivity (Wildman–Crippen MR) is 57.7 cm³/mol. The minimum Gasteiger partial charge on any atom is -0.399 e. The number of anilines is 1. The summed E-state index contributed by atoms with van der Waals surface area (Å²) < 4.78 is 1.86. The van der Waals surface area contributed by atoms with Gasteiger partial charge >= 0.3 is 0 Å². The van der Waals surface area contributed by atoms with Gasteiger partial charge < -0.3 is 10.3 Å². The average Bonchev–Trinajstić information content (AvgIpc) is 2.56. The quantitative estimate of drug-likeness (QED) is 0.730. The van der Waals surface area contributed by atoms with Gasteiger partial charge in [0, 0.05) is 11.9 Å². The van der Waals surface area contributed by atoms with E-state index in [0.717, 1.165) is 11.4 Å². The van der Waals surface area contributed by atoms with Crippen LogP contribution in [-0.4, -0.2) is 9.55 Å². The summed E-state index contributed by atoms with van der Waals surface area (Å²) in [5, 5.41) is 0.664. The molecule has 0 unspecified atom stereocenters. The molecule has 2 N–H and O–H groups in total. The molecule has 2 aromatic rings. The van der Waals surface area contributed by atoms with E-state index in [4.69, 9.17) is 17.3 Å². The molecule has 3 nitrogen and oxygen atoms in total. The van der Waals surface area contributed by atoms with Crippen molar-refractivity contribution in [2.45, 2.75) is 6.92 Å². The summed E-state index contributed by atoms with van der Waals surface area (Å²) in [7, 11) is 0. The number of imidazole rings is 1. The van der Waals surface area contributed by atoms with Crippen LogP contribution >= 0.6 is 11.6 Å². The summed E-state index contributed by atoms with van der Waals surface area (Å²) in [5.41, 5.74) is 8.17. The normalized spacial score (nSPS) is 10.4. The zero-order chi connectivity index (χ0) is 10.1. The number of halogens is 1. The lowest BCUT2D eigenvalue weighted by Gasteiger charge is -2.05. The van der Waals surface area contributed by atoms with Crippen LogP contribution in [0.3, 0.4) is 0 Å². The third-order valence-electron chi connectivity index (χ3n) is 1.96. The van der Waals surface area contributed by atoms with Gasteiger partial charge in [0.05, 0.1) is 22.7 Å². The Labute approximate surface area is 87.1 Å². The molecule has 14 heavy (non-hydrogen) atoms. The Bertz CT molecular complexity index is 462. The average molecular weight is 208 g/mol. The summed E-state index contributed by atoms with van der Waals surface area (Å²) in [6.45, 7) is 1.93. The van der Waals surface area contributed by atoms with Crippen LogP contribution in [0.4, 0.5) is 5.69 Å². The van der Waals surface area contributed by atoms with Gasteiger partial charge in [0.2, 0.25) is 0 Å². The van der Waals surface area contributed by atoms with E-state index in [9.17, 15) is 0 Å². The molecule has 2 rings (SSSR count). The molecule has 0 saturated carbocycles. The second kappa shape index (κ2) is 3.35. The summed E-state index contributed by atoms with van der Waals surface area (Å²) in [6.07, 6.45) is 3.62. The summed E-state index contributed by atoms with van der Waals surface area (Å²) in [6, 6.07) is 5.38. The highest BCUT2D eigenvalue weighted by molar-refractivity contribution is 6.32. The molecule has 0 aliphatic carbocycles. The fraction of sp³-hybridized carbons (Fsp3) is 0.100. The smallest absolute Gasteiger partial charge is 0.0995 e. The molecule has 72 valence electrons. The standard InChI is InChI=1S/C10H10ClN3/c1-7-5-14(6-13-7)10-4-8(12)2-3-9(10)11/h2-6H,12H2,1H3. The molecular weight excluding hydrogens is 198 g/mol. The van der Waals surface area contributed by atoms with E-state index in [1.807, 2.05) is 23.8 Å². The third-order valence-corrected chi connectivity index (χ3v) is 2.28. The minimum absolute atomic E-state index is 0.664. The Morgan fingerprint density at radius 3 is 2.86 bits per heavy atom. The molecule has 0 aliphatic heterocycles. The van der Waals surface area contributed by atoms with Crippen molar-refractivity contribution in [1.29, 1.82) is 0 Å². The van der Waals surface area contributed by atoms with Crippen LogP contribution in [-0.2, 0) is 0 Å². The third kappa shape index (κ3) is 1.59. The van der Waals surface area contributed by atoms with Crippen LogP contribution in [0.25, 0.3) is 5.69 Å². The monoisotopic (exact) mass is 207 g/mol. The zero-order valence-corrected chi connectivity index (χ0v) is 8.49. The maximum absolute atomic E-state index is 6.04. The highest BCUT2D eigenvalue weighted by Crippen LogP contribution is 2.22. The summed E-state index contributed by atoms with van der Waals surface area (Å²) >= 11 is 6.04. The van der Waals surface area contributed by atoms with Gasteiger partial charge in [0.25, 0.3) is 0 Å². The Hall–Kier alpha value is -1.48. The van der Waals surface area contributed by atoms with Crippen LogP contribution < -0.4 is 5.73 Å². The predicted octanol–water partition coefficient (Wildman–Crippen LogP) is 2.42. The van der Waals surface area contributed by atoms with Crippen LogP contribution in [0.15, 0.2) is 30.7 Å². The van der Waals surface area contributed by atoms with Gasteiger partial charge in [-0.1, -0.05) is 11.6 Å². The maximum atomic E-state index is 6.04. The number of aromatic nitrogens is 2. The molecule has 0 bridgehead atoms. The van der Waals surface area contributed by atoms with E-state index in [1.165, 1.54) is 0 Å². The molecule has 0 radical (unpaired) electrons. The van der Waals surface area contributed by atoms with Gasteiger partial charge in [-0.15, -0.1) is 0 Å². The molecule has 0 fully saturated rings. The van der Waals surface area contributed by atoms with Crippen molar-refractivity contribution in [2.75, 3.05) is 5.73 Å². The molecule has 0 amide bonds. The van der Waals surface area contributed by atoms with Crippen LogP contribution in [0.2, 0.25) is 5.02 Å². The highest BCUT2D eigenvalue weighted by atomic mass is 35.5. The van der Waals surface area contributed by atoms with Gasteiger partial charge in [0.15, 0.2) is 0 Å². The number of nitrogens with zero attached hydrogens (tertiary/aromatic N) is 2. The van der Waals surface area contributed by atoms with Crippen molar-refractivity contribution in [3.8, 4) is 5.69 Å². The van der Waals surface area contributed by atoms with E-state index in [-0.39, 0.29) is 0 Å². The zero-order valence-electron chi connectivity index (χ0n) is 7.74. The summed E-state index contributed by atoms with van der Waals surface area (Å²) in [5.74, 6) is 0. The van der Waals surface area contributed by atoms with E-state index in [1.54, 1.807) is 18.5 Å². The Kier molecular flexibility index (Phi) is 2.17. The van der Waals surface area contributed by atoms with Gasteiger partial charge in [-0.25, -0.2) is 4.98 Å². The van der Waals surface area contributed by atoms with Crippen molar-refractivity contribution in [3.05, 3.63) is 41.4 Å². The SMILES string of the molecule is Cc1cn(-c2cc(N)ccc2Cl)cn1. The fourth-order valence-electron chi connectivity index (χ4n) is 1.28. The second-order valence-electron chi connectivity index (χ2n) is 3.13. The first-order valence-corrected chi connectivity index (χ1v) is 4.60. The van der Waals surface area contributed by atoms with Crippen LogP contribution in [0.5, 0.6) is 0 Å². The highest BCUT2D eigenvalue weighted by Gasteiger charge is 2.03. The van der Waals surface area contributed by atoms with Crippen LogP contribution in [0, 0.1) is 6.92 Å². The van der Waals surface area contributed by atoms with Crippen molar-refractivity contribution >= 4 is 17.3 Å². The Morgan fingerprint density at radius 1 is 1.43 bits per heavy atom. The molecule has 1 heterocycles. The maximum Gasteiger partial charge on any atom is 0.0995 e. The largest absolute Gasteiger partial charge is 0.399 e. The molecule has 0 aliphatic rings. The number of nitrogens with two attached hydrogens (primary N) is 1. The first kappa shape index (κ1) is 9.09. The molecule has 1 aromatic heterocycles. The Balaban J connectivity index is 2.55. The second-order valence-corrected chi connectivity index (χ2v) is 3.54. The minimum atomic E-state index is 0.664. The van der Waals surface area contributed by atoms with Crippen molar-refractivity contribution in [3.63, 3.8) is 0 Å². The van der Waals surface area contributed by atoms with Crippen molar-refractivity contribution in [2.24, 2.45) is 0 Å². The first-order valence-electron chi connectivity index (χ1n) is 4.23. The lowest BCUT2D eigenvalue weighted by molar-refractivity contribution is 1.06. The van der Waals surface area contributed by atoms with Gasteiger partial charge in [-0.05, 0) is 25.1 Å². The molecule has 4 heteroatoms. The van der Waals surface area contributed by atoms with Crippen molar-refractivity contribution in [1.82, 2.24) is 9.55 Å². The van der Waals surface area contributed by atoms with E-state index >= 15 is 0 Å². The summed E-state index contributed by atoms with van der Waals surface area (Å²) in [4.78, 5) is 4.13. The number of benzene rings is 1. The Morgan fingerprint density at radius 2 is 2.21 bits per heavy atom. The number of aryl methyl sites for hydroxylation is 1. The number of hydrogen-bond donors (Lipinski definition) is 1. The number of rotatable bonds is 1. The van der Waals surface area contributed by atoms with E-state index in [0.29, 0.717) is 10.7 Å². The van der Waals surface area contributed by atoms with Gasteiger partial charge in [-0.3, -0.25) is 0 Å². The van der Waals surface area contributed by atoms with Crippen LogP contribution in [0.1, 0.15) is 5.69 Å². The van der Waals surface area contributed by atoms with E-state index < -0.39 is 0 Å². The lowest BCUT2D eigenvalue weighted by atomic mass is 10.3. The lowest BCUT2D eigenvalue weighted by Crippen LogP contribution is -1.93. The number of hydrogen-bond acceptors (Lipinski definition) is 2. The molecule has 0 atom stereocenters. The topological polar surface area (TPSA) is 43.8 Å². The first-order chi connectivity index (χ1) is 6.66. The molecule has 0 spiro atoms. The fourth-order valence-corrected chi connectivity index (χ4v) is 1.50. The molecule has 1 aromatic carbocycles. The van der Waals surface area contributed by atoms with E-state index in [2.05, 4.69) is 4.98 Å². The van der Waals surface area contributed by atoms with Gasteiger partial charge in [0.1, 0.15) is 0 Å². The number of nitrogen functional groups attached to an aromatic ring is 1.